The van der Waals surface area contributed by atoms with E-state index in [1.165, 1.54) is 0 Å². The predicted octanol–water partition coefficient (Wildman–Crippen LogP) is -0.233. The summed E-state index contributed by atoms with van der Waals surface area (Å²) in [6.45, 7) is 5.39. The average molecular weight is 267 g/mol. The van der Waals surface area contributed by atoms with Crippen molar-refractivity contribution in [2.75, 3.05) is 11.9 Å². The number of nitrogens with zero attached hydrogens (tertiary/aromatic N) is 2. The lowest BCUT2D eigenvalue weighted by Gasteiger charge is -2.15. The minimum Gasteiger partial charge on any atom is -0.346 e. The van der Waals surface area contributed by atoms with Crippen LogP contribution in [0.2, 0.25) is 0 Å². The number of hydrogen-bond donors (Lipinski definition) is 3. The van der Waals surface area contributed by atoms with Gasteiger partial charge in [-0.15, -0.1) is 0 Å². The normalized spacial score (nSPS) is 12.3. The van der Waals surface area contributed by atoms with Gasteiger partial charge in [0.1, 0.15) is 0 Å². The Kier molecular flexibility index (Phi) is 5.05. The molecule has 0 aliphatic carbocycles. The standard InChI is InChI=1S/C12H21N5O2/c1-7(2)11(13)12(19)14-5-10(18)15-9-6-17(4)16-8(9)3/h6-7,11H,5,13H2,1-4H3,(H,14,19)(H,15,18)/t11-/m0/s1. The maximum absolute atomic E-state index is 11.7. The maximum atomic E-state index is 11.7. The summed E-state index contributed by atoms with van der Waals surface area (Å²) in [4.78, 5) is 23.2. The van der Waals surface area contributed by atoms with Crippen molar-refractivity contribution in [2.24, 2.45) is 18.7 Å². The van der Waals surface area contributed by atoms with E-state index in [-0.39, 0.29) is 24.3 Å². The molecule has 0 aromatic carbocycles. The predicted molar refractivity (Wildman–Crippen MR) is 72.4 cm³/mol. The quantitative estimate of drug-likeness (QED) is 0.685. The van der Waals surface area contributed by atoms with Gasteiger partial charge in [0.15, 0.2) is 0 Å². The first-order valence-corrected chi connectivity index (χ1v) is 6.14. The smallest absolute Gasteiger partial charge is 0.243 e. The Morgan fingerprint density at radius 2 is 2.11 bits per heavy atom. The SMILES string of the molecule is Cc1nn(C)cc1NC(=O)CNC(=O)[C@@H](N)C(C)C. The Morgan fingerprint density at radius 1 is 1.47 bits per heavy atom. The van der Waals surface area contributed by atoms with E-state index in [1.807, 2.05) is 13.8 Å². The number of rotatable bonds is 5. The van der Waals surface area contributed by atoms with Crippen LogP contribution in [0.3, 0.4) is 0 Å². The molecule has 1 rings (SSSR count). The van der Waals surface area contributed by atoms with Crippen LogP contribution in [0.5, 0.6) is 0 Å². The molecular weight excluding hydrogens is 246 g/mol. The topological polar surface area (TPSA) is 102 Å². The highest BCUT2D eigenvalue weighted by Crippen LogP contribution is 2.10. The van der Waals surface area contributed by atoms with Crippen LogP contribution < -0.4 is 16.4 Å². The van der Waals surface area contributed by atoms with Crippen molar-refractivity contribution in [3.8, 4) is 0 Å². The summed E-state index contributed by atoms with van der Waals surface area (Å²) < 4.78 is 1.61. The number of amides is 2. The second kappa shape index (κ2) is 6.33. The first-order chi connectivity index (χ1) is 8.81. The molecule has 106 valence electrons. The number of nitrogens with one attached hydrogen (secondary N) is 2. The van der Waals surface area contributed by atoms with Gasteiger partial charge >= 0.3 is 0 Å². The van der Waals surface area contributed by atoms with E-state index in [1.54, 1.807) is 24.9 Å². The highest BCUT2D eigenvalue weighted by atomic mass is 16.2. The van der Waals surface area contributed by atoms with E-state index in [4.69, 9.17) is 5.73 Å². The largest absolute Gasteiger partial charge is 0.346 e. The zero-order valence-corrected chi connectivity index (χ0v) is 11.7. The molecule has 1 atom stereocenters. The van der Waals surface area contributed by atoms with Crippen molar-refractivity contribution < 1.29 is 9.59 Å². The van der Waals surface area contributed by atoms with Crippen molar-refractivity contribution >= 4 is 17.5 Å². The fourth-order valence-electron chi connectivity index (χ4n) is 1.50. The lowest BCUT2D eigenvalue weighted by atomic mass is 10.1. The summed E-state index contributed by atoms with van der Waals surface area (Å²) in [6, 6.07) is -0.604. The molecule has 7 heteroatoms. The number of aromatic nitrogens is 2. The summed E-state index contributed by atoms with van der Waals surface area (Å²) in [5.74, 6) is -0.600. The maximum Gasteiger partial charge on any atom is 0.243 e. The minimum atomic E-state index is -0.604. The zero-order chi connectivity index (χ0) is 14.6. The second-order valence-corrected chi connectivity index (χ2v) is 4.84. The van der Waals surface area contributed by atoms with Crippen molar-refractivity contribution in [1.29, 1.82) is 0 Å². The number of anilines is 1. The first-order valence-electron chi connectivity index (χ1n) is 6.14. The van der Waals surface area contributed by atoms with Gasteiger partial charge in [-0.1, -0.05) is 13.8 Å². The summed E-state index contributed by atoms with van der Waals surface area (Å²) >= 11 is 0. The molecule has 0 saturated heterocycles. The molecule has 0 aliphatic rings. The van der Waals surface area contributed by atoms with Crippen LogP contribution in [-0.4, -0.2) is 34.2 Å². The summed E-state index contributed by atoms with van der Waals surface area (Å²) in [5, 5.41) is 9.29. The fraction of sp³-hybridized carbons (Fsp3) is 0.583. The first kappa shape index (κ1) is 15.2. The molecule has 1 aromatic heterocycles. The molecule has 19 heavy (non-hydrogen) atoms. The highest BCUT2D eigenvalue weighted by Gasteiger charge is 2.17. The molecule has 1 heterocycles. The third-order valence-electron chi connectivity index (χ3n) is 2.73. The highest BCUT2D eigenvalue weighted by molar-refractivity contribution is 5.95. The van der Waals surface area contributed by atoms with Crippen molar-refractivity contribution in [2.45, 2.75) is 26.8 Å². The third-order valence-corrected chi connectivity index (χ3v) is 2.73. The van der Waals surface area contributed by atoms with E-state index >= 15 is 0 Å². The molecule has 0 bridgehead atoms. The summed E-state index contributed by atoms with van der Waals surface area (Å²) in [7, 11) is 1.77. The second-order valence-electron chi connectivity index (χ2n) is 4.84. The fourth-order valence-corrected chi connectivity index (χ4v) is 1.50. The molecule has 4 N–H and O–H groups in total. The Bertz CT molecular complexity index is 467. The number of hydrogen-bond acceptors (Lipinski definition) is 4. The van der Waals surface area contributed by atoms with Gasteiger partial charge in [0.05, 0.1) is 24.0 Å². The van der Waals surface area contributed by atoms with Crippen molar-refractivity contribution in [3.05, 3.63) is 11.9 Å². The average Bonchev–Trinajstić information content (AvgIpc) is 2.63. The molecular formula is C12H21N5O2. The Labute approximate surface area is 112 Å². The molecule has 2 amide bonds. The van der Waals surface area contributed by atoms with Crippen molar-refractivity contribution in [1.82, 2.24) is 15.1 Å². The third kappa shape index (κ3) is 4.36. The number of nitrogens with two attached hydrogens (primary N) is 1. The van der Waals surface area contributed by atoms with Crippen LogP contribution in [0, 0.1) is 12.8 Å². The van der Waals surface area contributed by atoms with Gasteiger partial charge in [0.2, 0.25) is 11.8 Å². The lowest BCUT2D eigenvalue weighted by Crippen LogP contribution is -2.46. The molecule has 7 nitrogen and oxygen atoms in total. The number of carbonyl (C=O) groups is 2. The van der Waals surface area contributed by atoms with Crippen LogP contribution in [0.15, 0.2) is 6.20 Å². The van der Waals surface area contributed by atoms with Gasteiger partial charge in [0, 0.05) is 13.2 Å². The number of carbonyl (C=O) groups excluding carboxylic acids is 2. The van der Waals surface area contributed by atoms with Gasteiger partial charge in [-0.25, -0.2) is 0 Å². The monoisotopic (exact) mass is 267 g/mol. The summed E-state index contributed by atoms with van der Waals surface area (Å²) in [6.07, 6.45) is 1.70. The van der Waals surface area contributed by atoms with Crippen LogP contribution in [0.1, 0.15) is 19.5 Å². The molecule has 0 saturated carbocycles. The Morgan fingerprint density at radius 3 is 2.58 bits per heavy atom. The van der Waals surface area contributed by atoms with E-state index in [0.717, 1.165) is 5.69 Å². The van der Waals surface area contributed by atoms with E-state index in [0.29, 0.717) is 5.69 Å². The summed E-state index contributed by atoms with van der Waals surface area (Å²) in [5.41, 5.74) is 7.03. The number of aryl methyl sites for hydroxylation is 2. The Balaban J connectivity index is 2.44. The molecule has 0 spiro atoms. The molecule has 0 unspecified atom stereocenters. The van der Waals surface area contributed by atoms with E-state index in [9.17, 15) is 9.59 Å². The van der Waals surface area contributed by atoms with Gasteiger partial charge in [-0.2, -0.15) is 5.10 Å². The van der Waals surface area contributed by atoms with Crippen molar-refractivity contribution in [3.63, 3.8) is 0 Å². The molecule has 0 radical (unpaired) electrons. The van der Waals surface area contributed by atoms with E-state index in [2.05, 4.69) is 15.7 Å². The Hall–Kier alpha value is -1.89. The molecule has 0 fully saturated rings. The van der Waals surface area contributed by atoms with Crippen LogP contribution in [-0.2, 0) is 16.6 Å². The van der Waals surface area contributed by atoms with Crippen LogP contribution in [0.4, 0.5) is 5.69 Å². The molecule has 1 aromatic rings. The van der Waals surface area contributed by atoms with Crippen LogP contribution in [0.25, 0.3) is 0 Å². The van der Waals surface area contributed by atoms with Gasteiger partial charge in [-0.05, 0) is 12.8 Å². The van der Waals surface area contributed by atoms with Gasteiger partial charge in [-0.3, -0.25) is 14.3 Å². The lowest BCUT2D eigenvalue weighted by molar-refractivity contribution is -0.125. The van der Waals surface area contributed by atoms with E-state index < -0.39 is 6.04 Å². The van der Waals surface area contributed by atoms with Gasteiger partial charge in [0.25, 0.3) is 0 Å². The molecule has 0 aliphatic heterocycles. The van der Waals surface area contributed by atoms with Gasteiger partial charge < -0.3 is 16.4 Å². The zero-order valence-electron chi connectivity index (χ0n) is 11.7. The minimum absolute atomic E-state index is 0.0311. The van der Waals surface area contributed by atoms with Crippen LogP contribution >= 0.6 is 0 Å².